The summed E-state index contributed by atoms with van der Waals surface area (Å²) in [6.45, 7) is 3.25. The van der Waals surface area contributed by atoms with Crippen molar-refractivity contribution < 1.29 is 8.42 Å². The predicted octanol–water partition coefficient (Wildman–Crippen LogP) is -0.489. The Bertz CT molecular complexity index is 559. The van der Waals surface area contributed by atoms with Gasteiger partial charge in [0.15, 0.2) is 9.84 Å². The molecule has 7 nitrogen and oxygen atoms in total. The van der Waals surface area contributed by atoms with Gasteiger partial charge in [-0.1, -0.05) is 0 Å². The first kappa shape index (κ1) is 15.0. The Hall–Kier alpha value is -0.960. The van der Waals surface area contributed by atoms with Crippen molar-refractivity contribution in [2.75, 3.05) is 25.9 Å². The first-order chi connectivity index (χ1) is 10.0. The van der Waals surface area contributed by atoms with Crippen LogP contribution in [0.15, 0.2) is 12.4 Å². The van der Waals surface area contributed by atoms with Gasteiger partial charge in [0.25, 0.3) is 0 Å². The molecule has 21 heavy (non-hydrogen) atoms. The van der Waals surface area contributed by atoms with Gasteiger partial charge in [-0.25, -0.2) is 13.4 Å². The predicted molar refractivity (Wildman–Crippen MR) is 80.1 cm³/mol. The molecule has 0 amide bonds. The molecule has 2 aliphatic heterocycles. The fourth-order valence-corrected chi connectivity index (χ4v) is 4.67. The van der Waals surface area contributed by atoms with Crippen LogP contribution in [0.4, 0.5) is 0 Å². The summed E-state index contributed by atoms with van der Waals surface area (Å²) in [6.07, 6.45) is 7.10. The van der Waals surface area contributed by atoms with Gasteiger partial charge in [0.2, 0.25) is 0 Å². The van der Waals surface area contributed by atoms with Crippen molar-refractivity contribution in [3.8, 4) is 0 Å². The van der Waals surface area contributed by atoms with E-state index in [0.29, 0.717) is 12.5 Å². The minimum Gasteiger partial charge on any atom is -0.348 e. The van der Waals surface area contributed by atoms with Crippen molar-refractivity contribution in [3.63, 3.8) is 0 Å². The van der Waals surface area contributed by atoms with Crippen molar-refractivity contribution in [1.82, 2.24) is 25.7 Å². The zero-order chi connectivity index (χ0) is 14.9. The van der Waals surface area contributed by atoms with E-state index in [4.69, 9.17) is 0 Å². The second kappa shape index (κ2) is 6.04. The lowest BCUT2D eigenvalue weighted by molar-refractivity contribution is 0.142. The molecule has 2 aliphatic rings. The Morgan fingerprint density at radius 1 is 1.48 bits per heavy atom. The summed E-state index contributed by atoms with van der Waals surface area (Å²) in [4.78, 5) is 9.74. The lowest BCUT2D eigenvalue weighted by Crippen LogP contribution is -2.49. The number of sulfone groups is 1. The number of aromatic nitrogens is 2. The van der Waals surface area contributed by atoms with Crippen molar-refractivity contribution in [1.29, 1.82) is 0 Å². The Morgan fingerprint density at radius 3 is 3.05 bits per heavy atom. The molecule has 0 radical (unpaired) electrons. The molecule has 2 fully saturated rings. The Labute approximate surface area is 125 Å². The number of rotatable bonds is 4. The van der Waals surface area contributed by atoms with E-state index in [1.54, 1.807) is 6.20 Å². The molecule has 0 aliphatic carbocycles. The van der Waals surface area contributed by atoms with Gasteiger partial charge in [-0.05, 0) is 25.3 Å². The van der Waals surface area contributed by atoms with Crippen LogP contribution in [-0.4, -0.2) is 60.5 Å². The third kappa shape index (κ3) is 3.45. The third-order valence-electron chi connectivity index (χ3n) is 4.50. The molecule has 1 aromatic heterocycles. The van der Waals surface area contributed by atoms with E-state index in [1.165, 1.54) is 6.26 Å². The highest BCUT2D eigenvalue weighted by molar-refractivity contribution is 7.91. The van der Waals surface area contributed by atoms with Crippen LogP contribution in [0.25, 0.3) is 0 Å². The van der Waals surface area contributed by atoms with Crippen molar-refractivity contribution in [2.24, 2.45) is 5.92 Å². The maximum atomic E-state index is 11.9. The number of nitrogens with zero attached hydrogens (tertiary/aromatic N) is 2. The number of aromatic amines is 1. The average Bonchev–Trinajstić information content (AvgIpc) is 3.08. The molecule has 8 heteroatoms. The SMILES string of the molecule is CS(=O)(=O)C1CNNC1C1CCCN(Cc2ncc[nH]2)C1. The number of H-pyrrole nitrogens is 1. The second-order valence-corrected chi connectivity index (χ2v) is 8.36. The van der Waals surface area contributed by atoms with E-state index < -0.39 is 9.84 Å². The minimum absolute atomic E-state index is 0.000555. The number of piperidine rings is 1. The molecule has 2 saturated heterocycles. The summed E-state index contributed by atoms with van der Waals surface area (Å²) < 4.78 is 23.8. The van der Waals surface area contributed by atoms with Gasteiger partial charge in [-0.15, -0.1) is 0 Å². The number of imidazole rings is 1. The Balaban J connectivity index is 1.65. The van der Waals surface area contributed by atoms with Crippen LogP contribution in [0, 0.1) is 5.92 Å². The summed E-state index contributed by atoms with van der Waals surface area (Å²) in [5.74, 6) is 1.32. The summed E-state index contributed by atoms with van der Waals surface area (Å²) >= 11 is 0. The van der Waals surface area contributed by atoms with Gasteiger partial charge >= 0.3 is 0 Å². The van der Waals surface area contributed by atoms with Crippen LogP contribution in [0.2, 0.25) is 0 Å². The van der Waals surface area contributed by atoms with E-state index in [0.717, 1.165) is 38.3 Å². The molecule has 3 heterocycles. The normalized spacial score (nSPS) is 31.6. The van der Waals surface area contributed by atoms with Crippen LogP contribution in [0.5, 0.6) is 0 Å². The van der Waals surface area contributed by atoms with Gasteiger partial charge < -0.3 is 4.98 Å². The standard InChI is InChI=1S/C13H23N5O2S/c1-21(19,20)11-7-16-17-13(11)10-3-2-6-18(8-10)9-12-14-4-5-15-12/h4-5,10-11,13,16-17H,2-3,6-9H2,1H3,(H,14,15). The highest BCUT2D eigenvalue weighted by Gasteiger charge is 2.40. The number of hydrogen-bond donors (Lipinski definition) is 3. The van der Waals surface area contributed by atoms with E-state index in [1.807, 2.05) is 6.20 Å². The quantitative estimate of drug-likeness (QED) is 0.695. The average molecular weight is 313 g/mol. The van der Waals surface area contributed by atoms with E-state index in [-0.39, 0.29) is 11.3 Å². The maximum Gasteiger partial charge on any atom is 0.153 e. The van der Waals surface area contributed by atoms with Crippen molar-refractivity contribution in [3.05, 3.63) is 18.2 Å². The lowest BCUT2D eigenvalue weighted by atomic mass is 9.89. The summed E-state index contributed by atoms with van der Waals surface area (Å²) in [5, 5.41) is -0.328. The fraction of sp³-hybridized carbons (Fsp3) is 0.769. The molecular weight excluding hydrogens is 290 g/mol. The smallest absolute Gasteiger partial charge is 0.153 e. The van der Waals surface area contributed by atoms with Gasteiger partial charge in [0.05, 0.1) is 11.8 Å². The summed E-state index contributed by atoms with van der Waals surface area (Å²) in [7, 11) is -3.03. The lowest BCUT2D eigenvalue weighted by Gasteiger charge is -2.36. The topological polar surface area (TPSA) is 90.1 Å². The van der Waals surface area contributed by atoms with Crippen LogP contribution >= 0.6 is 0 Å². The van der Waals surface area contributed by atoms with Crippen LogP contribution in [-0.2, 0) is 16.4 Å². The summed E-state index contributed by atoms with van der Waals surface area (Å²) in [5.41, 5.74) is 6.20. The molecule has 0 saturated carbocycles. The van der Waals surface area contributed by atoms with Gasteiger partial charge in [0, 0.05) is 37.8 Å². The van der Waals surface area contributed by atoms with Crippen molar-refractivity contribution in [2.45, 2.75) is 30.7 Å². The van der Waals surface area contributed by atoms with Gasteiger partial charge in [0.1, 0.15) is 5.82 Å². The molecule has 3 atom stereocenters. The molecule has 3 N–H and O–H groups in total. The van der Waals surface area contributed by atoms with E-state index >= 15 is 0 Å². The first-order valence-corrected chi connectivity index (χ1v) is 9.37. The molecule has 3 rings (SSSR count). The zero-order valence-electron chi connectivity index (χ0n) is 12.2. The zero-order valence-corrected chi connectivity index (χ0v) is 13.1. The highest BCUT2D eigenvalue weighted by atomic mass is 32.2. The maximum absolute atomic E-state index is 11.9. The minimum atomic E-state index is -3.03. The molecule has 1 aromatic rings. The number of nitrogens with one attached hydrogen (secondary N) is 3. The number of likely N-dealkylation sites (tertiary alicyclic amines) is 1. The molecule has 0 spiro atoms. The monoisotopic (exact) mass is 313 g/mol. The van der Waals surface area contributed by atoms with Gasteiger partial charge in [-0.2, -0.15) is 0 Å². The summed E-state index contributed by atoms with van der Waals surface area (Å²) in [6, 6.07) is -0.000555. The van der Waals surface area contributed by atoms with Crippen LogP contribution < -0.4 is 10.9 Å². The molecule has 0 aromatic carbocycles. The third-order valence-corrected chi connectivity index (χ3v) is 6.06. The largest absolute Gasteiger partial charge is 0.348 e. The van der Waals surface area contributed by atoms with E-state index in [9.17, 15) is 8.42 Å². The fourth-order valence-electron chi connectivity index (χ4n) is 3.46. The number of hydrogen-bond acceptors (Lipinski definition) is 6. The molecule has 118 valence electrons. The van der Waals surface area contributed by atoms with Crippen LogP contribution in [0.1, 0.15) is 18.7 Å². The second-order valence-electron chi connectivity index (χ2n) is 6.09. The Kier molecular flexibility index (Phi) is 4.30. The van der Waals surface area contributed by atoms with Crippen LogP contribution in [0.3, 0.4) is 0 Å². The van der Waals surface area contributed by atoms with Gasteiger partial charge in [-0.3, -0.25) is 15.8 Å². The molecule has 3 unspecified atom stereocenters. The Morgan fingerprint density at radius 2 is 2.33 bits per heavy atom. The molecule has 0 bridgehead atoms. The number of hydrazine groups is 1. The van der Waals surface area contributed by atoms with E-state index in [2.05, 4.69) is 25.7 Å². The molecular formula is C13H23N5O2S. The van der Waals surface area contributed by atoms with Crippen molar-refractivity contribution >= 4 is 9.84 Å². The first-order valence-electron chi connectivity index (χ1n) is 7.42. The highest BCUT2D eigenvalue weighted by Crippen LogP contribution is 2.26.